The lowest BCUT2D eigenvalue weighted by atomic mass is 10.2. The Hall–Kier alpha value is -2.32. The summed E-state index contributed by atoms with van der Waals surface area (Å²) in [5.74, 6) is 0.187. The molecule has 6 nitrogen and oxygen atoms in total. The van der Waals surface area contributed by atoms with Crippen LogP contribution in [0.25, 0.3) is 0 Å². The van der Waals surface area contributed by atoms with Crippen LogP contribution in [0.15, 0.2) is 71.0 Å². The summed E-state index contributed by atoms with van der Waals surface area (Å²) in [5.41, 5.74) is 0.343. The van der Waals surface area contributed by atoms with Gasteiger partial charge in [-0.15, -0.1) is 0 Å². The molecule has 0 spiro atoms. The Bertz CT molecular complexity index is 998. The maximum Gasteiger partial charge on any atom is 0.264 e. The molecule has 0 N–H and O–H groups in total. The molecule has 1 aliphatic rings. The highest BCUT2D eigenvalue weighted by atomic mass is 32.2. The number of sulfonamides is 1. The molecule has 1 heterocycles. The third kappa shape index (κ3) is 3.54. The second kappa shape index (κ2) is 6.53. The zero-order valence-electron chi connectivity index (χ0n) is 13.4. The molecule has 0 aliphatic carbocycles. The molecule has 0 aromatic heterocycles. The molecule has 1 atom stereocenters. The quantitative estimate of drug-likeness (QED) is 0.796. The van der Waals surface area contributed by atoms with Gasteiger partial charge in [-0.3, -0.25) is 4.31 Å². The summed E-state index contributed by atoms with van der Waals surface area (Å²) in [5, 5.41) is 1.06. The van der Waals surface area contributed by atoms with Gasteiger partial charge >= 0.3 is 0 Å². The monoisotopic (exact) mass is 379 g/mol. The fourth-order valence-corrected chi connectivity index (χ4v) is 5.65. The Kier molecular flexibility index (Phi) is 4.57. The van der Waals surface area contributed by atoms with E-state index in [4.69, 9.17) is 4.74 Å². The van der Waals surface area contributed by atoms with Crippen molar-refractivity contribution in [2.45, 2.75) is 10.9 Å². The summed E-state index contributed by atoms with van der Waals surface area (Å²) in [6.45, 7) is 0. The predicted molar refractivity (Wildman–Crippen MR) is 95.8 cm³/mol. The number of hydrogen-bond acceptors (Lipinski definition) is 5. The molecule has 1 aliphatic heterocycles. The van der Waals surface area contributed by atoms with Gasteiger partial charge in [-0.25, -0.2) is 16.8 Å². The van der Waals surface area contributed by atoms with Crippen LogP contribution in [-0.4, -0.2) is 35.7 Å². The average molecular weight is 379 g/mol. The van der Waals surface area contributed by atoms with Crippen LogP contribution in [0.3, 0.4) is 0 Å². The number of rotatable bonds is 5. The van der Waals surface area contributed by atoms with Crippen molar-refractivity contribution in [3.8, 4) is 5.75 Å². The van der Waals surface area contributed by atoms with Gasteiger partial charge in [-0.05, 0) is 30.3 Å². The van der Waals surface area contributed by atoms with Crippen molar-refractivity contribution in [3.05, 3.63) is 66.1 Å². The molecule has 2 aromatic rings. The van der Waals surface area contributed by atoms with Gasteiger partial charge in [0.1, 0.15) is 5.75 Å². The molecule has 2 aromatic carbocycles. The highest BCUT2D eigenvalue weighted by Gasteiger charge is 2.36. The van der Waals surface area contributed by atoms with Crippen LogP contribution in [0.5, 0.6) is 5.75 Å². The van der Waals surface area contributed by atoms with Gasteiger partial charge in [-0.2, -0.15) is 0 Å². The van der Waals surface area contributed by atoms with Crippen LogP contribution in [0.1, 0.15) is 0 Å². The maximum atomic E-state index is 13.2. The summed E-state index contributed by atoms with van der Waals surface area (Å²) in [4.78, 5) is 0.0931. The minimum atomic E-state index is -3.95. The summed E-state index contributed by atoms with van der Waals surface area (Å²) in [6.07, 6.45) is 1.40. The van der Waals surface area contributed by atoms with Crippen molar-refractivity contribution in [1.82, 2.24) is 0 Å². The zero-order chi connectivity index (χ0) is 18.1. The van der Waals surface area contributed by atoms with Gasteiger partial charge in [0, 0.05) is 11.5 Å². The number of benzene rings is 2. The van der Waals surface area contributed by atoms with E-state index in [9.17, 15) is 16.8 Å². The maximum absolute atomic E-state index is 13.2. The fraction of sp³-hybridized carbons (Fsp3) is 0.176. The first kappa shape index (κ1) is 17.5. The molecule has 132 valence electrons. The lowest BCUT2D eigenvalue weighted by molar-refractivity contribution is 0.415. The molecule has 0 saturated carbocycles. The van der Waals surface area contributed by atoms with Gasteiger partial charge < -0.3 is 4.74 Å². The van der Waals surface area contributed by atoms with Gasteiger partial charge in [0.05, 0.1) is 29.5 Å². The second-order valence-electron chi connectivity index (χ2n) is 5.54. The van der Waals surface area contributed by atoms with E-state index in [-0.39, 0.29) is 10.6 Å². The van der Waals surface area contributed by atoms with Crippen LogP contribution in [0, 0.1) is 0 Å². The Morgan fingerprint density at radius 1 is 1.08 bits per heavy atom. The van der Waals surface area contributed by atoms with E-state index in [2.05, 4.69) is 0 Å². The summed E-state index contributed by atoms with van der Waals surface area (Å²) < 4.78 is 56.3. The molecule has 0 saturated heterocycles. The van der Waals surface area contributed by atoms with E-state index in [1.165, 1.54) is 25.3 Å². The third-order valence-corrected chi connectivity index (χ3v) is 7.07. The van der Waals surface area contributed by atoms with Gasteiger partial charge in [0.2, 0.25) is 0 Å². The largest absolute Gasteiger partial charge is 0.497 e. The number of anilines is 1. The van der Waals surface area contributed by atoms with Crippen molar-refractivity contribution in [2.75, 3.05) is 17.2 Å². The Balaban J connectivity index is 2.14. The van der Waals surface area contributed by atoms with Crippen molar-refractivity contribution in [3.63, 3.8) is 0 Å². The van der Waals surface area contributed by atoms with Crippen molar-refractivity contribution >= 4 is 25.5 Å². The molecule has 0 radical (unpaired) electrons. The summed E-state index contributed by atoms with van der Waals surface area (Å²) in [7, 11) is -5.89. The smallest absolute Gasteiger partial charge is 0.264 e. The van der Waals surface area contributed by atoms with E-state index in [1.807, 2.05) is 0 Å². The lowest BCUT2D eigenvalue weighted by Gasteiger charge is -2.29. The van der Waals surface area contributed by atoms with Crippen molar-refractivity contribution in [2.24, 2.45) is 0 Å². The summed E-state index contributed by atoms with van der Waals surface area (Å²) in [6, 6.07) is 13.6. The fourth-order valence-electron chi connectivity index (χ4n) is 2.67. The topological polar surface area (TPSA) is 80.8 Å². The van der Waals surface area contributed by atoms with Crippen LogP contribution in [0.4, 0.5) is 5.69 Å². The van der Waals surface area contributed by atoms with Crippen LogP contribution >= 0.6 is 0 Å². The summed E-state index contributed by atoms with van der Waals surface area (Å²) >= 11 is 0. The number of sulfone groups is 1. The minimum Gasteiger partial charge on any atom is -0.497 e. The van der Waals surface area contributed by atoms with E-state index >= 15 is 0 Å². The first-order valence-electron chi connectivity index (χ1n) is 7.48. The van der Waals surface area contributed by atoms with Crippen molar-refractivity contribution < 1.29 is 21.6 Å². The predicted octanol–water partition coefficient (Wildman–Crippen LogP) is 2.20. The van der Waals surface area contributed by atoms with E-state index in [0.717, 1.165) is 9.71 Å². The van der Waals surface area contributed by atoms with Crippen LogP contribution in [0.2, 0.25) is 0 Å². The van der Waals surface area contributed by atoms with Crippen molar-refractivity contribution in [1.29, 1.82) is 0 Å². The first-order valence-corrected chi connectivity index (χ1v) is 10.6. The molecule has 25 heavy (non-hydrogen) atoms. The van der Waals surface area contributed by atoms with Gasteiger partial charge in [0.25, 0.3) is 10.0 Å². The average Bonchev–Trinajstić information content (AvgIpc) is 2.95. The SMILES string of the molecule is COc1cccc(N([C@@H]2C=CS(=O)(=O)C2)S(=O)(=O)c2ccccc2)c1. The molecule has 0 fully saturated rings. The number of hydrogen-bond donors (Lipinski definition) is 0. The third-order valence-electron chi connectivity index (χ3n) is 3.82. The van der Waals surface area contributed by atoms with Crippen LogP contribution < -0.4 is 9.04 Å². The molecule has 0 amide bonds. The van der Waals surface area contributed by atoms with E-state index < -0.39 is 25.9 Å². The highest BCUT2D eigenvalue weighted by molar-refractivity contribution is 7.95. The van der Waals surface area contributed by atoms with E-state index in [0.29, 0.717) is 11.4 Å². The first-order chi connectivity index (χ1) is 11.8. The minimum absolute atomic E-state index is 0.0931. The molecule has 8 heteroatoms. The molecule has 0 bridgehead atoms. The Morgan fingerprint density at radius 3 is 2.40 bits per heavy atom. The second-order valence-corrected chi connectivity index (χ2v) is 9.29. The van der Waals surface area contributed by atoms with E-state index in [1.54, 1.807) is 42.5 Å². The number of ether oxygens (including phenoxy) is 1. The van der Waals surface area contributed by atoms with Crippen LogP contribution in [-0.2, 0) is 19.9 Å². The number of nitrogens with zero attached hydrogens (tertiary/aromatic N) is 1. The van der Waals surface area contributed by atoms with Gasteiger partial charge in [0.15, 0.2) is 9.84 Å². The molecular formula is C17H17NO5S2. The standard InChI is InChI=1S/C17H17NO5S2/c1-23-16-7-5-6-14(12-16)18(15-10-11-24(19,20)13-15)25(21,22)17-8-3-2-4-9-17/h2-12,15H,13H2,1H3/t15-/m1/s1. The molecule has 3 rings (SSSR count). The van der Waals surface area contributed by atoms with Gasteiger partial charge in [-0.1, -0.05) is 24.3 Å². The molecule has 0 unspecified atom stereocenters. The lowest BCUT2D eigenvalue weighted by Crippen LogP contribution is -2.41. The Morgan fingerprint density at radius 2 is 1.80 bits per heavy atom. The molecular weight excluding hydrogens is 362 g/mol. The highest BCUT2D eigenvalue weighted by Crippen LogP contribution is 2.31. The zero-order valence-corrected chi connectivity index (χ0v) is 15.1. The Labute approximate surface area is 147 Å². The normalized spacial score (nSPS) is 18.8. The number of methoxy groups -OCH3 is 1.